The molecule has 39 heavy (non-hydrogen) atoms. The van der Waals surface area contributed by atoms with E-state index in [0.717, 1.165) is 35.5 Å². The Balaban J connectivity index is 1.30. The molecule has 5 aromatic rings. The number of pyridine rings is 1. The summed E-state index contributed by atoms with van der Waals surface area (Å²) < 4.78 is 6.82. The van der Waals surface area contributed by atoms with Gasteiger partial charge in [0.25, 0.3) is 5.56 Å². The van der Waals surface area contributed by atoms with Gasteiger partial charge in [-0.2, -0.15) is 16.7 Å². The zero-order chi connectivity index (χ0) is 26.9. The van der Waals surface area contributed by atoms with Gasteiger partial charge in [-0.3, -0.25) is 9.36 Å². The Bertz CT molecular complexity index is 1650. The molecule has 0 aliphatic carbocycles. The van der Waals surface area contributed by atoms with Crippen molar-refractivity contribution < 1.29 is 4.42 Å². The van der Waals surface area contributed by atoms with Crippen LogP contribution in [0.15, 0.2) is 76.7 Å². The highest BCUT2D eigenvalue weighted by molar-refractivity contribution is 7.99. The van der Waals surface area contributed by atoms with Crippen LogP contribution < -0.4 is 10.9 Å². The van der Waals surface area contributed by atoms with Gasteiger partial charge in [-0.1, -0.05) is 12.1 Å². The number of hydrogen-bond donors (Lipinski definition) is 1. The Hall–Kier alpha value is -4.02. The Kier molecular flexibility index (Phi) is 6.88. The predicted octanol–water partition coefficient (Wildman–Crippen LogP) is 5.55. The first-order valence-electron chi connectivity index (χ1n) is 12.9. The SMILES string of the molecule is CC(C)n1c(=O)c(-c2cnc(-c3ccoc3)nc2)cc2cnc(Nc3ccc(C4CN(C)CCS4)cc3)nc21. The summed E-state index contributed by atoms with van der Waals surface area (Å²) >= 11 is 2.01. The lowest BCUT2D eigenvalue weighted by molar-refractivity contribution is 0.347. The third-order valence-electron chi connectivity index (χ3n) is 6.84. The van der Waals surface area contributed by atoms with Crippen LogP contribution in [0.5, 0.6) is 0 Å². The summed E-state index contributed by atoms with van der Waals surface area (Å²) in [5, 5.41) is 4.55. The van der Waals surface area contributed by atoms with Crippen LogP contribution in [-0.4, -0.2) is 55.3 Å². The fourth-order valence-corrected chi connectivity index (χ4v) is 6.17. The van der Waals surface area contributed by atoms with Crippen molar-refractivity contribution in [1.82, 2.24) is 29.4 Å². The molecule has 0 saturated carbocycles. The molecule has 6 rings (SSSR count). The van der Waals surface area contributed by atoms with Crippen molar-refractivity contribution in [1.29, 1.82) is 0 Å². The van der Waals surface area contributed by atoms with Crippen molar-refractivity contribution in [2.24, 2.45) is 0 Å². The average molecular weight is 540 g/mol. The number of nitrogens with one attached hydrogen (secondary N) is 1. The van der Waals surface area contributed by atoms with Crippen molar-refractivity contribution in [3.05, 3.63) is 83.4 Å². The zero-order valence-electron chi connectivity index (χ0n) is 22.0. The minimum absolute atomic E-state index is 0.112. The maximum Gasteiger partial charge on any atom is 0.260 e. The second-order valence-electron chi connectivity index (χ2n) is 9.98. The van der Waals surface area contributed by atoms with E-state index in [0.29, 0.717) is 33.8 Å². The molecule has 0 amide bonds. The summed E-state index contributed by atoms with van der Waals surface area (Å²) in [5.74, 6) is 2.13. The highest BCUT2D eigenvalue weighted by atomic mass is 32.2. The molecule has 0 bridgehead atoms. The number of anilines is 2. The van der Waals surface area contributed by atoms with Gasteiger partial charge in [0.15, 0.2) is 5.82 Å². The van der Waals surface area contributed by atoms with E-state index in [1.165, 1.54) is 5.56 Å². The zero-order valence-corrected chi connectivity index (χ0v) is 22.9. The number of thioether (sulfide) groups is 1. The Labute approximate surface area is 230 Å². The van der Waals surface area contributed by atoms with Crippen LogP contribution in [0.3, 0.4) is 0 Å². The summed E-state index contributed by atoms with van der Waals surface area (Å²) in [7, 11) is 2.17. The molecular formula is C29H29N7O2S. The van der Waals surface area contributed by atoms with Gasteiger partial charge in [-0.05, 0) is 50.7 Å². The topological polar surface area (TPSA) is 102 Å². The van der Waals surface area contributed by atoms with Gasteiger partial charge in [0.1, 0.15) is 11.9 Å². The molecule has 0 spiro atoms. The number of nitrogens with zero attached hydrogens (tertiary/aromatic N) is 6. The van der Waals surface area contributed by atoms with Crippen LogP contribution in [0.25, 0.3) is 33.5 Å². The van der Waals surface area contributed by atoms with Crippen LogP contribution in [-0.2, 0) is 0 Å². The Morgan fingerprint density at radius 1 is 1.05 bits per heavy atom. The number of rotatable bonds is 6. The minimum Gasteiger partial charge on any atom is -0.472 e. The highest BCUT2D eigenvalue weighted by Gasteiger charge is 2.20. The van der Waals surface area contributed by atoms with Crippen LogP contribution >= 0.6 is 11.8 Å². The monoisotopic (exact) mass is 539 g/mol. The molecule has 1 fully saturated rings. The molecular weight excluding hydrogens is 510 g/mol. The molecule has 5 heterocycles. The van der Waals surface area contributed by atoms with E-state index in [-0.39, 0.29) is 11.6 Å². The standard InChI is InChI=1S/C29H29N7O2S/c1-18(2)36-27-21(12-24(28(36)37)22-14-30-26(31-15-22)20-8-10-38-17-20)13-32-29(34-27)33-23-6-4-19(5-7-23)25-16-35(3)9-11-39-25/h4-8,10,12-15,17-18,25H,9,11,16H2,1-3H3,(H,32,33,34). The molecule has 1 aliphatic rings. The van der Waals surface area contributed by atoms with E-state index >= 15 is 0 Å². The normalized spacial score (nSPS) is 16.2. The predicted molar refractivity (Wildman–Crippen MR) is 155 cm³/mol. The van der Waals surface area contributed by atoms with Gasteiger partial charge in [0, 0.05) is 65.4 Å². The van der Waals surface area contributed by atoms with Gasteiger partial charge in [-0.25, -0.2) is 15.0 Å². The van der Waals surface area contributed by atoms with Crippen molar-refractivity contribution in [3.8, 4) is 22.5 Å². The van der Waals surface area contributed by atoms with Crippen LogP contribution in [0.2, 0.25) is 0 Å². The minimum atomic E-state index is -0.152. The van der Waals surface area contributed by atoms with E-state index in [1.54, 1.807) is 41.8 Å². The molecule has 1 aromatic carbocycles. The van der Waals surface area contributed by atoms with Crippen molar-refractivity contribution in [3.63, 3.8) is 0 Å². The number of benzene rings is 1. The second-order valence-corrected chi connectivity index (χ2v) is 11.3. The second kappa shape index (κ2) is 10.6. The van der Waals surface area contributed by atoms with E-state index in [1.807, 2.05) is 31.7 Å². The maximum absolute atomic E-state index is 13.6. The fraction of sp³-hybridized carbons (Fsp3) is 0.276. The summed E-state index contributed by atoms with van der Waals surface area (Å²) in [5.41, 5.74) is 4.56. The van der Waals surface area contributed by atoms with Gasteiger partial charge in [0.05, 0.1) is 17.4 Å². The molecule has 9 nitrogen and oxygen atoms in total. The van der Waals surface area contributed by atoms with Crippen LogP contribution in [0.1, 0.15) is 30.7 Å². The van der Waals surface area contributed by atoms with Crippen molar-refractivity contribution in [2.45, 2.75) is 25.1 Å². The maximum atomic E-state index is 13.6. The molecule has 1 atom stereocenters. The third kappa shape index (κ3) is 5.17. The van der Waals surface area contributed by atoms with Crippen LogP contribution in [0, 0.1) is 0 Å². The molecule has 198 valence electrons. The number of aromatic nitrogens is 5. The summed E-state index contributed by atoms with van der Waals surface area (Å²) in [6.07, 6.45) is 8.23. The summed E-state index contributed by atoms with van der Waals surface area (Å²) in [4.78, 5) is 34.2. The first-order chi connectivity index (χ1) is 19.0. The molecule has 4 aromatic heterocycles. The van der Waals surface area contributed by atoms with Gasteiger partial charge in [0.2, 0.25) is 5.95 Å². The van der Waals surface area contributed by atoms with E-state index in [9.17, 15) is 4.79 Å². The molecule has 10 heteroatoms. The quantitative estimate of drug-likeness (QED) is 0.297. The van der Waals surface area contributed by atoms with E-state index in [2.05, 4.69) is 56.5 Å². The largest absolute Gasteiger partial charge is 0.472 e. The summed E-state index contributed by atoms with van der Waals surface area (Å²) in [6, 6.07) is 11.9. The molecule has 0 radical (unpaired) electrons. The van der Waals surface area contributed by atoms with Crippen molar-refractivity contribution in [2.75, 3.05) is 31.2 Å². The lowest BCUT2D eigenvalue weighted by atomic mass is 10.1. The lowest BCUT2D eigenvalue weighted by Gasteiger charge is -2.29. The number of fused-ring (bicyclic) bond motifs is 1. The molecule has 1 aliphatic heterocycles. The number of likely N-dealkylation sites (N-methyl/N-ethyl adjacent to an activating group) is 1. The van der Waals surface area contributed by atoms with Crippen molar-refractivity contribution >= 4 is 34.4 Å². The molecule has 1 saturated heterocycles. The van der Waals surface area contributed by atoms with Gasteiger partial charge in [-0.15, -0.1) is 0 Å². The average Bonchev–Trinajstić information content (AvgIpc) is 3.48. The van der Waals surface area contributed by atoms with Crippen LogP contribution in [0.4, 0.5) is 11.6 Å². The first-order valence-corrected chi connectivity index (χ1v) is 14.0. The Morgan fingerprint density at radius 3 is 2.54 bits per heavy atom. The first kappa shape index (κ1) is 25.3. The summed E-state index contributed by atoms with van der Waals surface area (Å²) in [6.45, 7) is 6.13. The fourth-order valence-electron chi connectivity index (χ4n) is 4.76. The van der Waals surface area contributed by atoms with Gasteiger partial charge >= 0.3 is 0 Å². The van der Waals surface area contributed by atoms with E-state index in [4.69, 9.17) is 9.40 Å². The third-order valence-corrected chi connectivity index (χ3v) is 8.08. The lowest BCUT2D eigenvalue weighted by Crippen LogP contribution is -2.30. The molecule has 1 unspecified atom stereocenters. The van der Waals surface area contributed by atoms with Gasteiger partial charge < -0.3 is 14.6 Å². The highest BCUT2D eigenvalue weighted by Crippen LogP contribution is 2.33. The Morgan fingerprint density at radius 2 is 1.85 bits per heavy atom. The molecule has 1 N–H and O–H groups in total. The number of hydrogen-bond acceptors (Lipinski definition) is 9. The smallest absolute Gasteiger partial charge is 0.260 e. The number of furan rings is 1. The van der Waals surface area contributed by atoms with E-state index < -0.39 is 0 Å².